The van der Waals surface area contributed by atoms with E-state index in [1.807, 2.05) is 37.3 Å². The van der Waals surface area contributed by atoms with E-state index in [2.05, 4.69) is 30.4 Å². The van der Waals surface area contributed by atoms with E-state index in [9.17, 15) is 4.79 Å². The van der Waals surface area contributed by atoms with Crippen molar-refractivity contribution in [1.29, 1.82) is 0 Å². The normalized spacial score (nSPS) is 12.0. The molecule has 1 N–H and O–H groups in total. The molecule has 0 aromatic heterocycles. The highest BCUT2D eigenvalue weighted by Gasteiger charge is 2.12. The van der Waals surface area contributed by atoms with Crippen LogP contribution in [0, 0.1) is 6.92 Å². The highest BCUT2D eigenvalue weighted by Crippen LogP contribution is 2.22. The number of nitrogens with one attached hydrogen (secondary N) is 1. The molecule has 0 aliphatic carbocycles. The Balaban J connectivity index is 1.79. The van der Waals surface area contributed by atoms with E-state index in [-0.39, 0.29) is 11.9 Å². The minimum atomic E-state index is -0.0826. The van der Waals surface area contributed by atoms with E-state index in [1.54, 1.807) is 11.8 Å². The van der Waals surface area contributed by atoms with Crippen LogP contribution in [0.15, 0.2) is 48.5 Å². The fourth-order valence-electron chi connectivity index (χ4n) is 2.25. The van der Waals surface area contributed by atoms with Gasteiger partial charge < -0.3 is 5.32 Å². The highest BCUT2D eigenvalue weighted by molar-refractivity contribution is 7.99. The molecule has 1 amide bonds. The molecule has 0 saturated heterocycles. The molecule has 0 unspecified atom stereocenters. The molecule has 0 radical (unpaired) electrons. The van der Waals surface area contributed by atoms with Gasteiger partial charge in [-0.2, -0.15) is 0 Å². The molecular weight excluding hydrogens is 314 g/mol. The van der Waals surface area contributed by atoms with E-state index in [4.69, 9.17) is 11.6 Å². The van der Waals surface area contributed by atoms with Crippen molar-refractivity contribution < 1.29 is 4.79 Å². The Hall–Kier alpha value is -1.45. The number of rotatable bonds is 6. The van der Waals surface area contributed by atoms with Crippen LogP contribution in [0.5, 0.6) is 0 Å². The van der Waals surface area contributed by atoms with Gasteiger partial charge in [-0.05, 0) is 31.0 Å². The highest BCUT2D eigenvalue weighted by atomic mass is 35.5. The zero-order valence-electron chi connectivity index (χ0n) is 12.8. The Morgan fingerprint density at radius 3 is 2.73 bits per heavy atom. The molecule has 0 heterocycles. The standard InChI is InChI=1S/C18H20ClNOS/c1-13-6-5-7-15(10-13)11-22-12-18(21)20-14(2)16-8-3-4-9-17(16)19/h3-10,14H,11-12H2,1-2H3,(H,20,21)/t14-/m0/s1. The first-order valence-electron chi connectivity index (χ1n) is 7.23. The first kappa shape index (κ1) is 16.9. The van der Waals surface area contributed by atoms with Gasteiger partial charge in [-0.1, -0.05) is 59.6 Å². The SMILES string of the molecule is Cc1cccc(CSCC(=O)N[C@@H](C)c2ccccc2Cl)c1. The molecule has 2 nitrogen and oxygen atoms in total. The minimum absolute atomic E-state index is 0.0325. The lowest BCUT2D eigenvalue weighted by molar-refractivity contribution is -0.119. The molecule has 0 fully saturated rings. The predicted octanol–water partition coefficient (Wildman–Crippen LogP) is 4.76. The fourth-order valence-corrected chi connectivity index (χ4v) is 3.34. The maximum Gasteiger partial charge on any atom is 0.230 e. The lowest BCUT2D eigenvalue weighted by Gasteiger charge is -2.15. The third-order valence-corrected chi connectivity index (χ3v) is 4.68. The van der Waals surface area contributed by atoms with Gasteiger partial charge in [-0.15, -0.1) is 11.8 Å². The van der Waals surface area contributed by atoms with Crippen LogP contribution in [0.25, 0.3) is 0 Å². The molecule has 0 aliphatic rings. The van der Waals surface area contributed by atoms with Crippen LogP contribution in [0.2, 0.25) is 5.02 Å². The van der Waals surface area contributed by atoms with E-state index in [0.717, 1.165) is 11.3 Å². The molecule has 4 heteroatoms. The third kappa shape index (κ3) is 5.08. The van der Waals surface area contributed by atoms with Gasteiger partial charge >= 0.3 is 0 Å². The van der Waals surface area contributed by atoms with Crippen LogP contribution in [-0.4, -0.2) is 11.7 Å². The second kappa shape index (κ2) is 8.25. The molecule has 2 aromatic carbocycles. The molecule has 22 heavy (non-hydrogen) atoms. The molecule has 116 valence electrons. The second-order valence-corrected chi connectivity index (χ2v) is 6.69. The van der Waals surface area contributed by atoms with Crippen LogP contribution in [0.1, 0.15) is 29.7 Å². The maximum atomic E-state index is 12.0. The molecule has 0 spiro atoms. The van der Waals surface area contributed by atoms with Gasteiger partial charge in [0.15, 0.2) is 0 Å². The van der Waals surface area contributed by atoms with Crippen LogP contribution >= 0.6 is 23.4 Å². The lowest BCUT2D eigenvalue weighted by Crippen LogP contribution is -2.28. The molecule has 0 bridgehead atoms. The summed E-state index contributed by atoms with van der Waals surface area (Å²) in [7, 11) is 0. The third-order valence-electron chi connectivity index (χ3n) is 3.33. The monoisotopic (exact) mass is 333 g/mol. The van der Waals surface area contributed by atoms with Crippen molar-refractivity contribution in [1.82, 2.24) is 5.32 Å². The Kier molecular flexibility index (Phi) is 6.34. The van der Waals surface area contributed by atoms with Crippen molar-refractivity contribution in [2.24, 2.45) is 0 Å². The minimum Gasteiger partial charge on any atom is -0.349 e. The molecule has 2 rings (SSSR count). The van der Waals surface area contributed by atoms with Gasteiger partial charge in [-0.3, -0.25) is 4.79 Å². The smallest absolute Gasteiger partial charge is 0.230 e. The number of carbonyl (C=O) groups is 1. The van der Waals surface area contributed by atoms with Gasteiger partial charge in [0.2, 0.25) is 5.91 Å². The molecule has 1 atom stereocenters. The average molecular weight is 334 g/mol. The second-order valence-electron chi connectivity index (χ2n) is 5.29. The number of hydrogen-bond donors (Lipinski definition) is 1. The number of halogens is 1. The molecule has 0 aliphatic heterocycles. The van der Waals surface area contributed by atoms with Gasteiger partial charge in [0.1, 0.15) is 0 Å². The maximum absolute atomic E-state index is 12.0. The largest absolute Gasteiger partial charge is 0.349 e. The van der Waals surface area contributed by atoms with Crippen molar-refractivity contribution in [3.8, 4) is 0 Å². The van der Waals surface area contributed by atoms with Crippen molar-refractivity contribution in [3.05, 3.63) is 70.2 Å². The number of aryl methyl sites for hydroxylation is 1. The summed E-state index contributed by atoms with van der Waals surface area (Å²) in [5.74, 6) is 1.32. The van der Waals surface area contributed by atoms with Gasteiger partial charge in [0.05, 0.1) is 11.8 Å². The fraction of sp³-hybridized carbons (Fsp3) is 0.278. The van der Waals surface area contributed by atoms with Gasteiger partial charge in [0, 0.05) is 10.8 Å². The Morgan fingerprint density at radius 2 is 2.00 bits per heavy atom. The van der Waals surface area contributed by atoms with Crippen molar-refractivity contribution in [3.63, 3.8) is 0 Å². The molecule has 0 saturated carbocycles. The van der Waals surface area contributed by atoms with Crippen molar-refractivity contribution in [2.45, 2.75) is 25.6 Å². The van der Waals surface area contributed by atoms with Crippen molar-refractivity contribution in [2.75, 3.05) is 5.75 Å². The number of carbonyl (C=O) groups excluding carboxylic acids is 1. The number of thioether (sulfide) groups is 1. The number of hydrogen-bond acceptors (Lipinski definition) is 2. The van der Waals surface area contributed by atoms with E-state index in [0.29, 0.717) is 10.8 Å². The van der Waals surface area contributed by atoms with Gasteiger partial charge in [-0.25, -0.2) is 0 Å². The summed E-state index contributed by atoms with van der Waals surface area (Å²) in [5.41, 5.74) is 3.44. The lowest BCUT2D eigenvalue weighted by atomic mass is 10.1. The summed E-state index contributed by atoms with van der Waals surface area (Å²) in [5, 5.41) is 3.67. The summed E-state index contributed by atoms with van der Waals surface area (Å²) in [6.45, 7) is 4.02. The number of amides is 1. The van der Waals surface area contributed by atoms with Crippen LogP contribution < -0.4 is 5.32 Å². The Morgan fingerprint density at radius 1 is 1.23 bits per heavy atom. The van der Waals surface area contributed by atoms with Crippen LogP contribution in [0.4, 0.5) is 0 Å². The zero-order valence-corrected chi connectivity index (χ0v) is 14.4. The Bertz CT molecular complexity index is 644. The summed E-state index contributed by atoms with van der Waals surface area (Å²) in [6.07, 6.45) is 0. The van der Waals surface area contributed by atoms with Crippen LogP contribution in [-0.2, 0) is 10.5 Å². The average Bonchev–Trinajstić information content (AvgIpc) is 2.47. The molecular formula is C18H20ClNOS. The first-order valence-corrected chi connectivity index (χ1v) is 8.76. The van der Waals surface area contributed by atoms with E-state index >= 15 is 0 Å². The van der Waals surface area contributed by atoms with E-state index < -0.39 is 0 Å². The topological polar surface area (TPSA) is 29.1 Å². The number of benzene rings is 2. The summed E-state index contributed by atoms with van der Waals surface area (Å²) < 4.78 is 0. The zero-order chi connectivity index (χ0) is 15.9. The Labute approximate surface area is 141 Å². The van der Waals surface area contributed by atoms with Crippen molar-refractivity contribution >= 4 is 29.3 Å². The van der Waals surface area contributed by atoms with E-state index in [1.165, 1.54) is 11.1 Å². The summed E-state index contributed by atoms with van der Waals surface area (Å²) >= 11 is 7.76. The molecule has 2 aromatic rings. The predicted molar refractivity (Wildman–Crippen MR) is 95.4 cm³/mol. The summed E-state index contributed by atoms with van der Waals surface area (Å²) in [4.78, 5) is 12.0. The van der Waals surface area contributed by atoms with Gasteiger partial charge in [0.25, 0.3) is 0 Å². The first-order chi connectivity index (χ1) is 10.6. The van der Waals surface area contributed by atoms with Crippen LogP contribution in [0.3, 0.4) is 0 Å². The summed E-state index contributed by atoms with van der Waals surface area (Å²) in [6, 6.07) is 15.9. The quantitative estimate of drug-likeness (QED) is 0.825.